The van der Waals surface area contributed by atoms with E-state index in [9.17, 15) is 4.79 Å². The molecule has 98 valence electrons. The van der Waals surface area contributed by atoms with E-state index in [1.807, 2.05) is 4.90 Å². The summed E-state index contributed by atoms with van der Waals surface area (Å²) in [6.45, 7) is 7.82. The molecule has 0 aliphatic carbocycles. The third kappa shape index (κ3) is 2.78. The topological polar surface area (TPSA) is 58.8 Å². The minimum atomic E-state index is 0.0146. The van der Waals surface area contributed by atoms with Crippen LogP contribution in [0, 0.1) is 0 Å². The van der Waals surface area contributed by atoms with Crippen molar-refractivity contribution >= 4 is 5.91 Å². The number of amides is 1. The maximum atomic E-state index is 11.9. The second-order valence-electron chi connectivity index (χ2n) is 5.25. The number of carbonyl (C=O) groups excluding carboxylic acids is 1. The van der Waals surface area contributed by atoms with E-state index in [0.29, 0.717) is 25.2 Å². The molecule has 2 aliphatic rings. The van der Waals surface area contributed by atoms with Gasteiger partial charge in [0.25, 0.3) is 0 Å². The number of hydrogen-bond acceptors (Lipinski definition) is 4. The summed E-state index contributed by atoms with van der Waals surface area (Å²) in [6, 6.07) is 0.907. The summed E-state index contributed by atoms with van der Waals surface area (Å²) in [7, 11) is 0. The van der Waals surface area contributed by atoms with Crippen molar-refractivity contribution in [3.63, 3.8) is 0 Å². The number of hydrogen-bond donors (Lipinski definition) is 1. The number of nitrogens with two attached hydrogens (primary N) is 1. The second kappa shape index (κ2) is 5.33. The number of ether oxygens (including phenoxy) is 1. The summed E-state index contributed by atoms with van der Waals surface area (Å²) >= 11 is 0. The minimum absolute atomic E-state index is 0.0146. The number of nitrogens with zero attached hydrogens (tertiary/aromatic N) is 2. The summed E-state index contributed by atoms with van der Waals surface area (Å²) in [4.78, 5) is 16.3. The maximum absolute atomic E-state index is 11.9. The van der Waals surface area contributed by atoms with Gasteiger partial charge in [-0.2, -0.15) is 0 Å². The van der Waals surface area contributed by atoms with Gasteiger partial charge >= 0.3 is 0 Å². The highest BCUT2D eigenvalue weighted by atomic mass is 16.5. The van der Waals surface area contributed by atoms with Crippen molar-refractivity contribution in [2.24, 2.45) is 5.73 Å². The molecule has 2 rings (SSSR count). The molecule has 2 aliphatic heterocycles. The number of likely N-dealkylation sites (tertiary alicyclic amines) is 1. The van der Waals surface area contributed by atoms with Crippen LogP contribution in [0.15, 0.2) is 0 Å². The summed E-state index contributed by atoms with van der Waals surface area (Å²) in [5.74, 6) is 0.116. The lowest BCUT2D eigenvalue weighted by Gasteiger charge is -2.36. The molecule has 2 N–H and O–H groups in total. The molecule has 0 radical (unpaired) electrons. The van der Waals surface area contributed by atoms with Crippen LogP contribution in [-0.4, -0.2) is 66.7 Å². The van der Waals surface area contributed by atoms with E-state index in [1.54, 1.807) is 0 Å². The smallest absolute Gasteiger partial charge is 0.248 e. The van der Waals surface area contributed by atoms with Gasteiger partial charge in [0.1, 0.15) is 6.61 Å². The summed E-state index contributed by atoms with van der Waals surface area (Å²) in [6.07, 6.45) is 1.09. The lowest BCUT2D eigenvalue weighted by Crippen LogP contribution is -2.54. The summed E-state index contributed by atoms with van der Waals surface area (Å²) in [5, 5.41) is 0. The van der Waals surface area contributed by atoms with Crippen LogP contribution >= 0.6 is 0 Å². The van der Waals surface area contributed by atoms with Gasteiger partial charge in [0.2, 0.25) is 5.91 Å². The molecule has 2 atom stereocenters. The van der Waals surface area contributed by atoms with Crippen LogP contribution in [0.1, 0.15) is 20.3 Å². The normalized spacial score (nSPS) is 31.5. The largest absolute Gasteiger partial charge is 0.365 e. The van der Waals surface area contributed by atoms with Crippen LogP contribution in [0.25, 0.3) is 0 Å². The average Bonchev–Trinajstić information content (AvgIpc) is 2.79. The molecule has 0 bridgehead atoms. The van der Waals surface area contributed by atoms with E-state index in [4.69, 9.17) is 10.5 Å². The van der Waals surface area contributed by atoms with Crippen molar-refractivity contribution in [1.82, 2.24) is 9.80 Å². The van der Waals surface area contributed by atoms with Crippen molar-refractivity contribution < 1.29 is 9.53 Å². The molecule has 2 fully saturated rings. The molecule has 5 heteroatoms. The van der Waals surface area contributed by atoms with Crippen LogP contribution in [-0.2, 0) is 9.53 Å². The molecule has 0 saturated carbocycles. The first-order valence-electron chi connectivity index (χ1n) is 6.47. The Balaban J connectivity index is 1.94. The number of morpholine rings is 1. The van der Waals surface area contributed by atoms with Crippen LogP contribution in [0.4, 0.5) is 0 Å². The lowest BCUT2D eigenvalue weighted by atomic mass is 10.1. The Bertz CT molecular complexity index is 283. The van der Waals surface area contributed by atoms with Crippen molar-refractivity contribution in [1.29, 1.82) is 0 Å². The molecule has 0 spiro atoms. The Morgan fingerprint density at radius 3 is 2.82 bits per heavy atom. The fourth-order valence-electron chi connectivity index (χ4n) is 2.63. The van der Waals surface area contributed by atoms with Crippen LogP contribution in [0.2, 0.25) is 0 Å². The highest BCUT2D eigenvalue weighted by Crippen LogP contribution is 2.20. The number of rotatable bonds is 3. The molecule has 2 heterocycles. The predicted molar refractivity (Wildman–Crippen MR) is 65.6 cm³/mol. The highest BCUT2D eigenvalue weighted by molar-refractivity contribution is 5.78. The Morgan fingerprint density at radius 2 is 2.24 bits per heavy atom. The molecular weight excluding hydrogens is 218 g/mol. The molecule has 2 unspecified atom stereocenters. The first-order valence-corrected chi connectivity index (χ1v) is 6.47. The fourth-order valence-corrected chi connectivity index (χ4v) is 2.63. The van der Waals surface area contributed by atoms with Gasteiger partial charge in [-0.05, 0) is 20.3 Å². The monoisotopic (exact) mass is 241 g/mol. The van der Waals surface area contributed by atoms with E-state index in [1.165, 1.54) is 0 Å². The first kappa shape index (κ1) is 12.8. The lowest BCUT2D eigenvalue weighted by molar-refractivity contribution is -0.151. The predicted octanol–water partition coefficient (Wildman–Crippen LogP) is -0.345. The quantitative estimate of drug-likeness (QED) is 0.734. The maximum Gasteiger partial charge on any atom is 0.248 e. The van der Waals surface area contributed by atoms with Crippen molar-refractivity contribution in [3.8, 4) is 0 Å². The SMILES string of the molecule is CC(C)N1CCC(N2CC(CN)OCC2=O)C1. The van der Waals surface area contributed by atoms with Crippen LogP contribution in [0.5, 0.6) is 0 Å². The molecule has 1 amide bonds. The van der Waals surface area contributed by atoms with Gasteiger partial charge in [0.05, 0.1) is 6.10 Å². The fraction of sp³-hybridized carbons (Fsp3) is 0.917. The molecule has 2 saturated heterocycles. The van der Waals surface area contributed by atoms with Crippen molar-refractivity contribution in [2.75, 3.05) is 32.8 Å². The van der Waals surface area contributed by atoms with Gasteiger partial charge in [-0.3, -0.25) is 9.69 Å². The van der Waals surface area contributed by atoms with Gasteiger partial charge in [-0.25, -0.2) is 0 Å². The molecule has 0 aromatic heterocycles. The molecule has 17 heavy (non-hydrogen) atoms. The molecule has 0 aromatic rings. The first-order chi connectivity index (χ1) is 8.11. The van der Waals surface area contributed by atoms with E-state index >= 15 is 0 Å². The van der Waals surface area contributed by atoms with Crippen molar-refractivity contribution in [3.05, 3.63) is 0 Å². The van der Waals surface area contributed by atoms with E-state index < -0.39 is 0 Å². The zero-order chi connectivity index (χ0) is 12.4. The Labute approximate surface area is 103 Å². The van der Waals surface area contributed by atoms with Gasteiger partial charge in [0, 0.05) is 38.3 Å². The molecule has 5 nitrogen and oxygen atoms in total. The summed E-state index contributed by atoms with van der Waals surface area (Å²) in [5.41, 5.74) is 5.61. The van der Waals surface area contributed by atoms with Gasteiger partial charge < -0.3 is 15.4 Å². The molecular formula is C12H23N3O2. The Kier molecular flexibility index (Phi) is 4.01. The Hall–Kier alpha value is -0.650. The molecule has 0 aromatic carbocycles. The summed E-state index contributed by atoms with van der Waals surface area (Å²) < 4.78 is 5.37. The van der Waals surface area contributed by atoms with Crippen molar-refractivity contribution in [2.45, 2.75) is 38.5 Å². The third-order valence-electron chi connectivity index (χ3n) is 3.79. The second-order valence-corrected chi connectivity index (χ2v) is 5.25. The van der Waals surface area contributed by atoms with Crippen LogP contribution in [0.3, 0.4) is 0 Å². The zero-order valence-electron chi connectivity index (χ0n) is 10.8. The van der Waals surface area contributed by atoms with Crippen LogP contribution < -0.4 is 5.73 Å². The standard InChI is InChI=1S/C12H23N3O2/c1-9(2)14-4-3-10(6-14)15-7-11(5-13)17-8-12(15)16/h9-11H,3-8,13H2,1-2H3. The van der Waals surface area contributed by atoms with E-state index in [-0.39, 0.29) is 18.6 Å². The van der Waals surface area contributed by atoms with Gasteiger partial charge in [-0.1, -0.05) is 0 Å². The minimum Gasteiger partial charge on any atom is -0.365 e. The number of carbonyl (C=O) groups is 1. The van der Waals surface area contributed by atoms with Gasteiger partial charge in [0.15, 0.2) is 0 Å². The Morgan fingerprint density at radius 1 is 1.47 bits per heavy atom. The third-order valence-corrected chi connectivity index (χ3v) is 3.79. The van der Waals surface area contributed by atoms with E-state index in [2.05, 4.69) is 18.7 Å². The average molecular weight is 241 g/mol. The van der Waals surface area contributed by atoms with E-state index in [0.717, 1.165) is 19.5 Å². The zero-order valence-corrected chi connectivity index (χ0v) is 10.8. The van der Waals surface area contributed by atoms with Gasteiger partial charge in [-0.15, -0.1) is 0 Å². The highest BCUT2D eigenvalue weighted by Gasteiger charge is 2.35.